The third-order valence-electron chi connectivity index (χ3n) is 6.32. The fourth-order valence-electron chi connectivity index (χ4n) is 4.85. The molecular formula is C25H31N3O. The van der Waals surface area contributed by atoms with Crippen LogP contribution in [0.1, 0.15) is 49.0 Å². The second-order valence-electron chi connectivity index (χ2n) is 8.12. The van der Waals surface area contributed by atoms with Gasteiger partial charge in [-0.2, -0.15) is 0 Å². The molecule has 1 unspecified atom stereocenters. The topological polar surface area (TPSA) is 37.4 Å². The summed E-state index contributed by atoms with van der Waals surface area (Å²) >= 11 is 0. The predicted octanol–water partition coefficient (Wildman–Crippen LogP) is 4.93. The van der Waals surface area contributed by atoms with Gasteiger partial charge in [0, 0.05) is 24.3 Å². The first kappa shape index (κ1) is 19.7. The number of allylic oxidation sites excluding steroid dienone is 2. The second kappa shape index (κ2) is 8.83. The number of aryl methyl sites for hydroxylation is 1. The normalized spacial score (nSPS) is 24.7. The van der Waals surface area contributed by atoms with Gasteiger partial charge in [0.1, 0.15) is 5.75 Å². The number of rotatable bonds is 5. The summed E-state index contributed by atoms with van der Waals surface area (Å²) < 4.78 is 5.67. The third kappa shape index (κ3) is 4.08. The van der Waals surface area contributed by atoms with Gasteiger partial charge in [0.2, 0.25) is 0 Å². The van der Waals surface area contributed by atoms with Crippen LogP contribution >= 0.6 is 0 Å². The monoisotopic (exact) mass is 389 g/mol. The largest absolute Gasteiger partial charge is 0.496 e. The number of nitrogens with zero attached hydrogens (tertiary/aromatic N) is 2. The smallest absolute Gasteiger partial charge is 0.123 e. The van der Waals surface area contributed by atoms with E-state index in [1.165, 1.54) is 35.2 Å². The lowest BCUT2D eigenvalue weighted by molar-refractivity contribution is 0.0564. The molecule has 0 amide bonds. The van der Waals surface area contributed by atoms with Gasteiger partial charge >= 0.3 is 0 Å². The highest BCUT2D eigenvalue weighted by Crippen LogP contribution is 2.39. The van der Waals surface area contributed by atoms with E-state index in [0.29, 0.717) is 18.1 Å². The predicted molar refractivity (Wildman–Crippen MR) is 118 cm³/mol. The van der Waals surface area contributed by atoms with E-state index in [-0.39, 0.29) is 0 Å². The zero-order chi connectivity index (χ0) is 20.2. The third-order valence-corrected chi connectivity index (χ3v) is 6.32. The van der Waals surface area contributed by atoms with Gasteiger partial charge in [-0.15, -0.1) is 0 Å². The Bertz CT molecular complexity index is 904. The maximum absolute atomic E-state index is 5.67. The zero-order valence-corrected chi connectivity index (χ0v) is 17.6. The summed E-state index contributed by atoms with van der Waals surface area (Å²) in [4.78, 5) is 7.47. The van der Waals surface area contributed by atoms with Crippen molar-refractivity contribution in [2.75, 3.05) is 7.11 Å². The molecule has 0 radical (unpaired) electrons. The van der Waals surface area contributed by atoms with Crippen molar-refractivity contribution in [1.29, 1.82) is 0 Å². The first-order valence-electron chi connectivity index (χ1n) is 10.6. The van der Waals surface area contributed by atoms with Crippen LogP contribution in [0.2, 0.25) is 0 Å². The highest BCUT2D eigenvalue weighted by Gasteiger charge is 2.38. The molecule has 152 valence electrons. The van der Waals surface area contributed by atoms with Gasteiger partial charge in [0.05, 0.1) is 24.9 Å². The molecule has 1 N–H and O–H groups in total. The van der Waals surface area contributed by atoms with Crippen LogP contribution in [0.5, 0.6) is 5.75 Å². The van der Waals surface area contributed by atoms with Gasteiger partial charge in [0.15, 0.2) is 0 Å². The number of likely N-dealkylation sites (tertiary alicyclic amines) is 1. The molecule has 1 aromatic heterocycles. The molecule has 0 saturated carbocycles. The summed E-state index contributed by atoms with van der Waals surface area (Å²) in [5.74, 6) is 0.956. The first-order chi connectivity index (χ1) is 14.2. The van der Waals surface area contributed by atoms with Gasteiger partial charge in [-0.25, -0.2) is 0 Å². The van der Waals surface area contributed by atoms with Crippen LogP contribution in [0, 0.1) is 6.92 Å². The van der Waals surface area contributed by atoms with E-state index in [9.17, 15) is 0 Å². The zero-order valence-electron chi connectivity index (χ0n) is 17.6. The van der Waals surface area contributed by atoms with Crippen LogP contribution in [0.3, 0.4) is 0 Å². The lowest BCUT2D eigenvalue weighted by Crippen LogP contribution is -2.53. The van der Waals surface area contributed by atoms with Crippen molar-refractivity contribution in [3.05, 3.63) is 83.3 Å². The Labute approximate surface area is 174 Å². The molecule has 4 rings (SSSR count). The molecular weight excluding hydrogens is 358 g/mol. The number of methoxy groups -OCH3 is 1. The summed E-state index contributed by atoms with van der Waals surface area (Å²) in [5.41, 5.74) is 5.10. The van der Waals surface area contributed by atoms with Crippen molar-refractivity contribution in [1.82, 2.24) is 15.2 Å². The summed E-state index contributed by atoms with van der Waals surface area (Å²) in [7, 11) is 1.76. The molecule has 0 aliphatic carbocycles. The van der Waals surface area contributed by atoms with Crippen LogP contribution in [0.25, 0.3) is 0 Å². The van der Waals surface area contributed by atoms with Gasteiger partial charge in [-0.05, 0) is 68.7 Å². The van der Waals surface area contributed by atoms with Crippen molar-refractivity contribution in [2.24, 2.45) is 0 Å². The molecule has 2 aliphatic rings. The average Bonchev–Trinajstić information content (AvgIpc) is 2.75. The Morgan fingerprint density at radius 1 is 1.14 bits per heavy atom. The number of hydrogen-bond acceptors (Lipinski definition) is 4. The van der Waals surface area contributed by atoms with E-state index in [1.807, 2.05) is 18.3 Å². The van der Waals surface area contributed by atoms with Gasteiger partial charge in [-0.1, -0.05) is 30.3 Å². The number of pyridine rings is 1. The van der Waals surface area contributed by atoms with Crippen LogP contribution < -0.4 is 10.1 Å². The lowest BCUT2D eigenvalue weighted by Gasteiger charge is -2.46. The second-order valence-corrected chi connectivity index (χ2v) is 8.12. The van der Waals surface area contributed by atoms with Crippen LogP contribution in [0.15, 0.2) is 66.5 Å². The molecule has 0 bridgehead atoms. The standard InChI is InChI=1S/C25H31N3O/c1-18-9-7-15-26-24(18)21-12-6-13-22(25-19(2)10-8-16-27-25)28(21)17-20-11-4-5-14-23(20)29-3/h4-5,7-11,14-16,21-22,24,26H,6,12-13,17H2,1-3H3/t21-,22+,24?/m0/s1. The minimum Gasteiger partial charge on any atom is -0.496 e. The van der Waals surface area contributed by atoms with E-state index in [2.05, 4.69) is 66.7 Å². The molecule has 4 nitrogen and oxygen atoms in total. The molecule has 3 atom stereocenters. The number of nitrogens with one attached hydrogen (secondary N) is 1. The number of dihydropyridines is 1. The molecule has 4 heteroatoms. The SMILES string of the molecule is COc1ccccc1CN1[C@@H](c2ncccc2C)CCC[C@H]1C1NC=CC=C1C. The van der Waals surface area contributed by atoms with Crippen LogP contribution in [-0.4, -0.2) is 29.1 Å². The highest BCUT2D eigenvalue weighted by molar-refractivity contribution is 5.34. The molecule has 29 heavy (non-hydrogen) atoms. The van der Waals surface area contributed by atoms with Crippen LogP contribution in [0.4, 0.5) is 0 Å². The van der Waals surface area contributed by atoms with Crippen molar-refractivity contribution in [3.8, 4) is 5.75 Å². The van der Waals surface area contributed by atoms with Crippen molar-refractivity contribution < 1.29 is 4.74 Å². The molecule has 2 aromatic rings. The summed E-state index contributed by atoms with van der Waals surface area (Å²) in [6.07, 6.45) is 11.9. The number of hydrogen-bond donors (Lipinski definition) is 1. The van der Waals surface area contributed by atoms with E-state index in [0.717, 1.165) is 18.7 Å². The Morgan fingerprint density at radius 3 is 2.79 bits per heavy atom. The Hall–Kier alpha value is -2.59. The molecule has 1 saturated heterocycles. The van der Waals surface area contributed by atoms with Crippen molar-refractivity contribution >= 4 is 0 Å². The van der Waals surface area contributed by atoms with Crippen molar-refractivity contribution in [2.45, 2.75) is 57.8 Å². The maximum atomic E-state index is 5.67. The number of aromatic nitrogens is 1. The number of benzene rings is 1. The fraction of sp³-hybridized carbons (Fsp3) is 0.400. The van der Waals surface area contributed by atoms with E-state index >= 15 is 0 Å². The highest BCUT2D eigenvalue weighted by atomic mass is 16.5. The number of ether oxygens (including phenoxy) is 1. The summed E-state index contributed by atoms with van der Waals surface area (Å²) in [6.45, 7) is 5.27. The molecule has 3 heterocycles. The fourth-order valence-corrected chi connectivity index (χ4v) is 4.85. The Morgan fingerprint density at radius 2 is 2.00 bits per heavy atom. The van der Waals surface area contributed by atoms with E-state index < -0.39 is 0 Å². The Balaban J connectivity index is 1.73. The van der Waals surface area contributed by atoms with Gasteiger partial charge in [0.25, 0.3) is 0 Å². The average molecular weight is 390 g/mol. The van der Waals surface area contributed by atoms with E-state index in [4.69, 9.17) is 9.72 Å². The minimum absolute atomic E-state index is 0.306. The van der Waals surface area contributed by atoms with Crippen molar-refractivity contribution in [3.63, 3.8) is 0 Å². The van der Waals surface area contributed by atoms with Gasteiger partial charge in [-0.3, -0.25) is 9.88 Å². The molecule has 1 fully saturated rings. The Kier molecular flexibility index (Phi) is 6.00. The lowest BCUT2D eigenvalue weighted by atomic mass is 9.85. The summed E-state index contributed by atoms with van der Waals surface area (Å²) in [5, 5.41) is 3.63. The quantitative estimate of drug-likeness (QED) is 0.787. The minimum atomic E-state index is 0.306. The molecule has 2 aliphatic heterocycles. The molecule has 0 spiro atoms. The van der Waals surface area contributed by atoms with E-state index in [1.54, 1.807) is 7.11 Å². The maximum Gasteiger partial charge on any atom is 0.123 e. The molecule has 1 aromatic carbocycles. The number of piperidine rings is 1. The number of para-hydroxylation sites is 1. The first-order valence-corrected chi connectivity index (χ1v) is 10.6. The van der Waals surface area contributed by atoms with Crippen LogP contribution in [-0.2, 0) is 6.54 Å². The van der Waals surface area contributed by atoms with Gasteiger partial charge < -0.3 is 10.1 Å². The summed E-state index contributed by atoms with van der Waals surface area (Å²) in [6, 6.07) is 13.6.